The van der Waals surface area contributed by atoms with E-state index in [4.69, 9.17) is 5.11 Å². The molecular formula is C7H10N4O4. The van der Waals surface area contributed by atoms with E-state index in [0.29, 0.717) is 19.4 Å². The Balaban J connectivity index is 2.31. The fourth-order valence-corrected chi connectivity index (χ4v) is 1.03. The van der Waals surface area contributed by atoms with Crippen LogP contribution in [0.3, 0.4) is 0 Å². The molecule has 0 aliphatic rings. The first-order valence-electron chi connectivity index (χ1n) is 4.35. The van der Waals surface area contributed by atoms with E-state index in [1.54, 1.807) is 0 Å². The molecule has 0 aliphatic carbocycles. The van der Waals surface area contributed by atoms with Gasteiger partial charge in [0, 0.05) is 11.5 Å². The predicted octanol–water partition coefficient (Wildman–Crippen LogP) is 0.441. The quantitative estimate of drug-likeness (QED) is 0.417. The first-order valence-corrected chi connectivity index (χ1v) is 4.35. The molecule has 0 spiro atoms. The molecule has 0 bridgehead atoms. The first-order chi connectivity index (χ1) is 7.09. The second-order valence-electron chi connectivity index (χ2n) is 2.92. The van der Waals surface area contributed by atoms with Gasteiger partial charge in [-0.1, -0.05) is 4.98 Å². The third-order valence-electron chi connectivity index (χ3n) is 1.72. The minimum atomic E-state index is -0.848. The van der Waals surface area contributed by atoms with E-state index >= 15 is 0 Å². The van der Waals surface area contributed by atoms with Gasteiger partial charge in [0.05, 0.1) is 6.54 Å². The SMILES string of the molecule is O=C(O)CCCCn1cnc([N+](=O)[O-])n1. The van der Waals surface area contributed by atoms with Crippen LogP contribution in [0.1, 0.15) is 19.3 Å². The number of nitrogens with zero attached hydrogens (tertiary/aromatic N) is 4. The highest BCUT2D eigenvalue weighted by atomic mass is 16.6. The summed E-state index contributed by atoms with van der Waals surface area (Å²) in [6, 6.07) is 0. The summed E-state index contributed by atoms with van der Waals surface area (Å²) < 4.78 is 1.33. The smallest absolute Gasteiger partial charge is 0.481 e. The summed E-state index contributed by atoms with van der Waals surface area (Å²) in [6.07, 6.45) is 2.48. The third-order valence-corrected chi connectivity index (χ3v) is 1.72. The van der Waals surface area contributed by atoms with Crippen molar-refractivity contribution in [3.05, 3.63) is 16.4 Å². The molecule has 0 saturated heterocycles. The zero-order valence-electron chi connectivity index (χ0n) is 7.87. The lowest BCUT2D eigenvalue weighted by Gasteiger charge is -1.94. The summed E-state index contributed by atoms with van der Waals surface area (Å²) in [5, 5.41) is 22.2. The van der Waals surface area contributed by atoms with Crippen LogP contribution in [0.5, 0.6) is 0 Å². The van der Waals surface area contributed by atoms with Crippen LogP contribution in [0.15, 0.2) is 6.33 Å². The molecule has 1 aromatic heterocycles. The lowest BCUT2D eigenvalue weighted by Crippen LogP contribution is -2.01. The largest absolute Gasteiger partial charge is 0.490 e. The van der Waals surface area contributed by atoms with E-state index in [0.717, 1.165) is 0 Å². The van der Waals surface area contributed by atoms with E-state index in [-0.39, 0.29) is 6.42 Å². The maximum atomic E-state index is 10.2. The number of aromatic nitrogens is 3. The van der Waals surface area contributed by atoms with Crippen molar-refractivity contribution in [2.24, 2.45) is 0 Å². The Morgan fingerprint density at radius 1 is 1.60 bits per heavy atom. The van der Waals surface area contributed by atoms with Crippen molar-refractivity contribution in [3.63, 3.8) is 0 Å². The monoisotopic (exact) mass is 214 g/mol. The summed E-state index contributed by atoms with van der Waals surface area (Å²) >= 11 is 0. The molecule has 1 heterocycles. The number of carboxylic acids is 1. The molecule has 15 heavy (non-hydrogen) atoms. The van der Waals surface area contributed by atoms with Gasteiger partial charge in [-0.05, 0) is 17.8 Å². The van der Waals surface area contributed by atoms with Crippen LogP contribution in [0, 0.1) is 10.1 Å². The first kappa shape index (κ1) is 11.1. The normalized spacial score (nSPS) is 10.1. The van der Waals surface area contributed by atoms with Crippen molar-refractivity contribution in [1.29, 1.82) is 0 Å². The summed E-state index contributed by atoms with van der Waals surface area (Å²) in [5.74, 6) is -1.28. The molecule has 0 unspecified atom stereocenters. The van der Waals surface area contributed by atoms with Gasteiger partial charge in [-0.15, -0.1) is 0 Å². The van der Waals surface area contributed by atoms with E-state index in [1.807, 2.05) is 0 Å². The molecule has 0 saturated carbocycles. The molecule has 82 valence electrons. The summed E-state index contributed by atoms with van der Waals surface area (Å²) in [6.45, 7) is 0.439. The highest BCUT2D eigenvalue weighted by Gasteiger charge is 2.12. The number of rotatable bonds is 6. The van der Waals surface area contributed by atoms with Crippen LogP contribution in [0.25, 0.3) is 0 Å². The van der Waals surface area contributed by atoms with Crippen molar-refractivity contribution in [2.75, 3.05) is 0 Å². The van der Waals surface area contributed by atoms with Gasteiger partial charge in [0.2, 0.25) is 6.33 Å². The Morgan fingerprint density at radius 3 is 2.87 bits per heavy atom. The van der Waals surface area contributed by atoms with Gasteiger partial charge < -0.3 is 15.2 Å². The van der Waals surface area contributed by atoms with E-state index in [2.05, 4.69) is 10.1 Å². The lowest BCUT2D eigenvalue weighted by molar-refractivity contribution is -0.394. The van der Waals surface area contributed by atoms with Gasteiger partial charge in [-0.2, -0.15) is 4.68 Å². The van der Waals surface area contributed by atoms with Crippen molar-refractivity contribution in [2.45, 2.75) is 25.8 Å². The molecule has 0 fully saturated rings. The Hall–Kier alpha value is -1.99. The van der Waals surface area contributed by atoms with Gasteiger partial charge in [-0.3, -0.25) is 4.79 Å². The third kappa shape index (κ3) is 3.71. The van der Waals surface area contributed by atoms with Crippen LogP contribution < -0.4 is 0 Å². The molecule has 0 amide bonds. The van der Waals surface area contributed by atoms with Crippen LogP contribution >= 0.6 is 0 Å². The molecule has 1 N–H and O–H groups in total. The standard InChI is InChI=1S/C7H10N4O4/c12-6(13)3-1-2-4-10-5-8-7(9-10)11(14)15/h5H,1-4H2,(H,12,13). The fourth-order valence-electron chi connectivity index (χ4n) is 1.03. The highest BCUT2D eigenvalue weighted by Crippen LogP contribution is 2.02. The summed E-state index contributed by atoms with van der Waals surface area (Å²) in [4.78, 5) is 23.2. The second-order valence-corrected chi connectivity index (χ2v) is 2.92. The maximum Gasteiger partial charge on any atom is 0.490 e. The number of nitro groups is 1. The lowest BCUT2D eigenvalue weighted by atomic mass is 10.2. The highest BCUT2D eigenvalue weighted by molar-refractivity contribution is 5.66. The number of aliphatic carboxylic acids is 1. The molecule has 1 rings (SSSR count). The van der Waals surface area contributed by atoms with Gasteiger partial charge >= 0.3 is 11.9 Å². The van der Waals surface area contributed by atoms with Crippen molar-refractivity contribution in [3.8, 4) is 0 Å². The zero-order chi connectivity index (χ0) is 11.3. The summed E-state index contributed by atoms with van der Waals surface area (Å²) in [5.41, 5.74) is 0. The number of carbonyl (C=O) groups is 1. The number of hydrogen-bond donors (Lipinski definition) is 1. The number of unbranched alkanes of at least 4 members (excludes halogenated alkanes) is 1. The fraction of sp³-hybridized carbons (Fsp3) is 0.571. The number of carboxylic acid groups (broad SMARTS) is 1. The number of hydrogen-bond acceptors (Lipinski definition) is 5. The number of aryl methyl sites for hydroxylation is 1. The van der Waals surface area contributed by atoms with Gasteiger partial charge in [0.25, 0.3) is 0 Å². The topological polar surface area (TPSA) is 111 Å². The average molecular weight is 214 g/mol. The van der Waals surface area contributed by atoms with Crippen molar-refractivity contribution in [1.82, 2.24) is 14.8 Å². The predicted molar refractivity (Wildman–Crippen MR) is 48.2 cm³/mol. The maximum absolute atomic E-state index is 10.2. The van der Waals surface area contributed by atoms with Gasteiger partial charge in [0.15, 0.2) is 0 Å². The molecule has 1 aromatic rings. The van der Waals surface area contributed by atoms with E-state index < -0.39 is 16.8 Å². The Morgan fingerprint density at radius 2 is 2.33 bits per heavy atom. The van der Waals surface area contributed by atoms with Crippen LogP contribution in [-0.4, -0.2) is 30.8 Å². The molecule has 8 nitrogen and oxygen atoms in total. The summed E-state index contributed by atoms with van der Waals surface area (Å²) in [7, 11) is 0. The zero-order valence-corrected chi connectivity index (χ0v) is 7.87. The van der Waals surface area contributed by atoms with E-state index in [9.17, 15) is 14.9 Å². The average Bonchev–Trinajstić information content (AvgIpc) is 2.60. The Labute approximate surface area is 84.7 Å². The minimum absolute atomic E-state index is 0.0940. The van der Waals surface area contributed by atoms with Crippen LogP contribution in [0.2, 0.25) is 0 Å². The molecule has 0 atom stereocenters. The van der Waals surface area contributed by atoms with Crippen molar-refractivity contribution < 1.29 is 14.8 Å². The van der Waals surface area contributed by atoms with Crippen LogP contribution in [0.4, 0.5) is 5.95 Å². The molecular weight excluding hydrogens is 204 g/mol. The van der Waals surface area contributed by atoms with Crippen LogP contribution in [-0.2, 0) is 11.3 Å². The van der Waals surface area contributed by atoms with Crippen molar-refractivity contribution >= 4 is 11.9 Å². The van der Waals surface area contributed by atoms with Gasteiger partial charge in [0.1, 0.15) is 0 Å². The van der Waals surface area contributed by atoms with Gasteiger partial charge in [-0.25, -0.2) is 0 Å². The van der Waals surface area contributed by atoms with E-state index in [1.165, 1.54) is 11.0 Å². The Bertz CT molecular complexity index is 362. The molecule has 0 aliphatic heterocycles. The Kier molecular flexibility index (Phi) is 3.72. The molecule has 0 radical (unpaired) electrons. The molecule has 8 heteroatoms. The molecule has 0 aromatic carbocycles. The second kappa shape index (κ2) is 5.03. The minimum Gasteiger partial charge on any atom is -0.481 e.